The van der Waals surface area contributed by atoms with Crippen LogP contribution in [-0.4, -0.2) is 26.2 Å². The molecule has 0 spiro atoms. The second kappa shape index (κ2) is 9.70. The van der Waals surface area contributed by atoms with E-state index in [0.29, 0.717) is 16.1 Å². The Labute approximate surface area is 156 Å². The number of hydrogen-bond acceptors (Lipinski definition) is 4. The van der Waals surface area contributed by atoms with Crippen molar-refractivity contribution in [2.45, 2.75) is 0 Å². The molecule has 0 amide bonds. The van der Waals surface area contributed by atoms with Crippen LogP contribution < -0.4 is 0 Å². The van der Waals surface area contributed by atoms with Gasteiger partial charge in [0.05, 0.1) is 25.3 Å². The standard InChI is InChI=1S/C8H6Br2O2.C8H7ClO2/c1-12-8(11)5-2-6(9)4-7(10)3-5;1-11-8(10)6-2-4-7(9)5-3-6/h2-4H,1H3;2-5H,1H3. The SMILES string of the molecule is COC(=O)c1cc(Br)cc(Br)c1.COC(=O)c1ccc(Cl)cc1. The van der Waals surface area contributed by atoms with Gasteiger partial charge < -0.3 is 9.47 Å². The molecule has 23 heavy (non-hydrogen) atoms. The second-order valence-electron chi connectivity index (χ2n) is 4.15. The zero-order valence-electron chi connectivity index (χ0n) is 12.3. The molecule has 0 aliphatic heterocycles. The van der Waals surface area contributed by atoms with Gasteiger partial charge in [-0.1, -0.05) is 43.5 Å². The Morgan fingerprint density at radius 2 is 1.26 bits per heavy atom. The van der Waals surface area contributed by atoms with Crippen LogP contribution in [0.15, 0.2) is 51.4 Å². The van der Waals surface area contributed by atoms with Gasteiger partial charge in [0.15, 0.2) is 0 Å². The van der Waals surface area contributed by atoms with Gasteiger partial charge in [0.25, 0.3) is 0 Å². The van der Waals surface area contributed by atoms with Crippen LogP contribution in [-0.2, 0) is 9.47 Å². The topological polar surface area (TPSA) is 52.6 Å². The van der Waals surface area contributed by atoms with Crippen molar-refractivity contribution in [2.24, 2.45) is 0 Å². The normalized spacial score (nSPS) is 9.43. The summed E-state index contributed by atoms with van der Waals surface area (Å²) >= 11 is 12.2. The van der Waals surface area contributed by atoms with Crippen LogP contribution in [0.3, 0.4) is 0 Å². The van der Waals surface area contributed by atoms with E-state index in [4.69, 9.17) is 11.6 Å². The van der Waals surface area contributed by atoms with E-state index in [1.54, 1.807) is 36.4 Å². The lowest BCUT2D eigenvalue weighted by atomic mass is 10.2. The maximum Gasteiger partial charge on any atom is 0.337 e. The van der Waals surface area contributed by atoms with Gasteiger partial charge in [-0.3, -0.25) is 0 Å². The number of carbonyl (C=O) groups excluding carboxylic acids is 2. The first-order valence-electron chi connectivity index (χ1n) is 6.25. The fourth-order valence-electron chi connectivity index (χ4n) is 1.49. The molecule has 0 aromatic heterocycles. The zero-order valence-corrected chi connectivity index (χ0v) is 16.2. The number of rotatable bonds is 2. The van der Waals surface area contributed by atoms with Crippen LogP contribution in [0.4, 0.5) is 0 Å². The summed E-state index contributed by atoms with van der Waals surface area (Å²) in [6, 6.07) is 11.8. The zero-order chi connectivity index (χ0) is 17.4. The third-order valence-corrected chi connectivity index (χ3v) is 3.72. The number of carbonyl (C=O) groups is 2. The van der Waals surface area contributed by atoms with E-state index in [0.717, 1.165) is 8.95 Å². The Balaban J connectivity index is 0.000000231. The first kappa shape index (κ1) is 19.7. The van der Waals surface area contributed by atoms with E-state index in [1.807, 2.05) is 6.07 Å². The lowest BCUT2D eigenvalue weighted by Gasteiger charge is -2.00. The summed E-state index contributed by atoms with van der Waals surface area (Å²) < 4.78 is 10.7. The van der Waals surface area contributed by atoms with Gasteiger partial charge in [-0.25, -0.2) is 9.59 Å². The van der Waals surface area contributed by atoms with E-state index < -0.39 is 0 Å². The third kappa shape index (κ3) is 6.72. The predicted molar refractivity (Wildman–Crippen MR) is 96.0 cm³/mol. The van der Waals surface area contributed by atoms with Crippen LogP contribution in [0, 0.1) is 0 Å². The molecule has 0 aliphatic carbocycles. The molecule has 0 bridgehead atoms. The second-order valence-corrected chi connectivity index (χ2v) is 6.42. The number of esters is 2. The summed E-state index contributed by atoms with van der Waals surface area (Å²) in [4.78, 5) is 21.9. The van der Waals surface area contributed by atoms with Crippen molar-refractivity contribution in [3.8, 4) is 0 Å². The molecular weight excluding hydrogens is 451 g/mol. The molecule has 0 radical (unpaired) electrons. The molecule has 0 unspecified atom stereocenters. The minimum absolute atomic E-state index is 0.336. The van der Waals surface area contributed by atoms with Crippen molar-refractivity contribution in [2.75, 3.05) is 14.2 Å². The van der Waals surface area contributed by atoms with Gasteiger partial charge in [0, 0.05) is 14.0 Å². The number of benzene rings is 2. The fraction of sp³-hybridized carbons (Fsp3) is 0.125. The first-order chi connectivity index (χ1) is 10.9. The lowest BCUT2D eigenvalue weighted by molar-refractivity contribution is 0.0592. The summed E-state index contributed by atoms with van der Waals surface area (Å²) in [6.45, 7) is 0. The monoisotopic (exact) mass is 462 g/mol. The Morgan fingerprint density at radius 3 is 1.70 bits per heavy atom. The Kier molecular flexibility index (Phi) is 8.30. The van der Waals surface area contributed by atoms with E-state index in [1.165, 1.54) is 14.2 Å². The molecule has 0 aliphatic rings. The van der Waals surface area contributed by atoms with Gasteiger partial charge in [-0.15, -0.1) is 0 Å². The van der Waals surface area contributed by atoms with E-state index in [9.17, 15) is 9.59 Å². The maximum atomic E-state index is 11.1. The van der Waals surface area contributed by atoms with E-state index in [2.05, 4.69) is 41.3 Å². The maximum absolute atomic E-state index is 11.1. The molecule has 0 heterocycles. The highest BCUT2D eigenvalue weighted by Crippen LogP contribution is 2.20. The number of hydrogen-bond donors (Lipinski definition) is 0. The fourth-order valence-corrected chi connectivity index (χ4v) is 2.91. The highest BCUT2D eigenvalue weighted by molar-refractivity contribution is 9.11. The van der Waals surface area contributed by atoms with Crippen molar-refractivity contribution >= 4 is 55.4 Å². The van der Waals surface area contributed by atoms with Crippen LogP contribution in [0.1, 0.15) is 20.7 Å². The average molecular weight is 465 g/mol. The van der Waals surface area contributed by atoms with Crippen molar-refractivity contribution in [3.63, 3.8) is 0 Å². The summed E-state index contributed by atoms with van der Waals surface area (Å²) in [5.74, 6) is -0.682. The first-order valence-corrected chi connectivity index (χ1v) is 8.22. The van der Waals surface area contributed by atoms with Gasteiger partial charge in [-0.2, -0.15) is 0 Å². The van der Waals surface area contributed by atoms with Crippen LogP contribution in [0.25, 0.3) is 0 Å². The van der Waals surface area contributed by atoms with Crippen molar-refractivity contribution in [1.29, 1.82) is 0 Å². The quantitative estimate of drug-likeness (QED) is 0.579. The van der Waals surface area contributed by atoms with Crippen molar-refractivity contribution in [3.05, 3.63) is 67.6 Å². The molecule has 0 saturated carbocycles. The van der Waals surface area contributed by atoms with Crippen LogP contribution >= 0.6 is 43.5 Å². The number of halogens is 3. The third-order valence-electron chi connectivity index (χ3n) is 2.55. The van der Waals surface area contributed by atoms with Crippen LogP contribution in [0.5, 0.6) is 0 Å². The minimum Gasteiger partial charge on any atom is -0.465 e. The molecular formula is C16H13Br2ClO4. The average Bonchev–Trinajstić information content (AvgIpc) is 2.53. The number of ether oxygens (including phenoxy) is 2. The molecule has 2 aromatic carbocycles. The Hall–Kier alpha value is -1.37. The lowest BCUT2D eigenvalue weighted by Crippen LogP contribution is -2.00. The van der Waals surface area contributed by atoms with Crippen molar-refractivity contribution in [1.82, 2.24) is 0 Å². The van der Waals surface area contributed by atoms with Crippen LogP contribution in [0.2, 0.25) is 5.02 Å². The summed E-state index contributed by atoms with van der Waals surface area (Å²) in [7, 11) is 2.70. The number of methoxy groups -OCH3 is 2. The van der Waals surface area contributed by atoms with E-state index in [-0.39, 0.29) is 11.9 Å². The van der Waals surface area contributed by atoms with Gasteiger partial charge in [0.1, 0.15) is 0 Å². The van der Waals surface area contributed by atoms with Gasteiger partial charge >= 0.3 is 11.9 Å². The highest BCUT2D eigenvalue weighted by atomic mass is 79.9. The molecule has 7 heteroatoms. The molecule has 4 nitrogen and oxygen atoms in total. The largest absolute Gasteiger partial charge is 0.465 e. The van der Waals surface area contributed by atoms with Gasteiger partial charge in [-0.05, 0) is 42.5 Å². The summed E-state index contributed by atoms with van der Waals surface area (Å²) in [5, 5.41) is 0.609. The molecule has 2 rings (SSSR count). The highest BCUT2D eigenvalue weighted by Gasteiger charge is 2.06. The summed E-state index contributed by atoms with van der Waals surface area (Å²) in [6.07, 6.45) is 0. The smallest absolute Gasteiger partial charge is 0.337 e. The Morgan fingerprint density at radius 1 is 0.826 bits per heavy atom. The van der Waals surface area contributed by atoms with E-state index >= 15 is 0 Å². The molecule has 2 aromatic rings. The molecule has 122 valence electrons. The minimum atomic E-state index is -0.346. The Bertz CT molecular complexity index is 667. The van der Waals surface area contributed by atoms with Gasteiger partial charge in [0.2, 0.25) is 0 Å². The predicted octanol–water partition coefficient (Wildman–Crippen LogP) is 5.12. The van der Waals surface area contributed by atoms with Crippen molar-refractivity contribution < 1.29 is 19.1 Å². The molecule has 0 atom stereocenters. The summed E-state index contributed by atoms with van der Waals surface area (Å²) in [5.41, 5.74) is 1.04. The molecule has 0 fully saturated rings. The molecule has 0 N–H and O–H groups in total. The molecule has 0 saturated heterocycles.